The maximum Gasteiger partial charge on any atom is 0.416 e. The lowest BCUT2D eigenvalue weighted by atomic mass is 10.1. The highest BCUT2D eigenvalue weighted by Gasteiger charge is 2.30. The molecule has 0 amide bonds. The van der Waals surface area contributed by atoms with Gasteiger partial charge in [-0.25, -0.2) is 4.98 Å². The Kier molecular flexibility index (Phi) is 4.45. The minimum atomic E-state index is -4.29. The number of rotatable bonds is 4. The summed E-state index contributed by atoms with van der Waals surface area (Å²) in [6.45, 7) is 3.91. The van der Waals surface area contributed by atoms with E-state index in [4.69, 9.17) is 0 Å². The summed E-state index contributed by atoms with van der Waals surface area (Å²) < 4.78 is 37.5. The molecule has 0 saturated carbocycles. The standard InChI is InChI=1S/C14H15F3N2S/c1-9(19-10(2)13-18-7-8-20-13)11-3-5-12(6-4-11)14(15,16)17/h3-10,19H,1-2H3. The van der Waals surface area contributed by atoms with E-state index >= 15 is 0 Å². The highest BCUT2D eigenvalue weighted by atomic mass is 32.1. The molecule has 1 N–H and O–H groups in total. The molecule has 0 aliphatic carbocycles. The second-order valence-corrected chi connectivity index (χ2v) is 5.53. The van der Waals surface area contributed by atoms with Gasteiger partial charge in [-0.3, -0.25) is 0 Å². The van der Waals surface area contributed by atoms with Gasteiger partial charge in [0.15, 0.2) is 0 Å². The molecule has 0 spiro atoms. The maximum absolute atomic E-state index is 12.5. The van der Waals surface area contributed by atoms with Crippen LogP contribution in [0.5, 0.6) is 0 Å². The SMILES string of the molecule is CC(NC(C)c1nccs1)c1ccc(C(F)(F)F)cc1. The summed E-state index contributed by atoms with van der Waals surface area (Å²) in [7, 11) is 0. The number of hydrogen-bond acceptors (Lipinski definition) is 3. The highest BCUT2D eigenvalue weighted by Crippen LogP contribution is 2.30. The predicted octanol–water partition coefficient (Wildman–Crippen LogP) is 4.57. The zero-order chi connectivity index (χ0) is 14.8. The van der Waals surface area contributed by atoms with Crippen molar-refractivity contribution in [2.75, 3.05) is 0 Å². The molecule has 0 aliphatic rings. The van der Waals surface area contributed by atoms with E-state index in [0.29, 0.717) is 0 Å². The van der Waals surface area contributed by atoms with Crippen LogP contribution in [-0.2, 0) is 6.18 Å². The number of halogens is 3. The van der Waals surface area contributed by atoms with Gasteiger partial charge in [-0.15, -0.1) is 11.3 Å². The smallest absolute Gasteiger partial charge is 0.302 e. The second kappa shape index (κ2) is 5.93. The number of benzene rings is 1. The van der Waals surface area contributed by atoms with Gasteiger partial charge in [0.2, 0.25) is 0 Å². The Morgan fingerprint density at radius 2 is 1.75 bits per heavy atom. The van der Waals surface area contributed by atoms with Gasteiger partial charge < -0.3 is 5.32 Å². The van der Waals surface area contributed by atoms with Crippen molar-refractivity contribution in [2.24, 2.45) is 0 Å². The van der Waals surface area contributed by atoms with Crippen LogP contribution in [0.15, 0.2) is 35.8 Å². The van der Waals surface area contributed by atoms with Crippen molar-refractivity contribution >= 4 is 11.3 Å². The molecule has 108 valence electrons. The van der Waals surface area contributed by atoms with E-state index in [-0.39, 0.29) is 12.1 Å². The molecular formula is C14H15F3N2S. The predicted molar refractivity (Wildman–Crippen MR) is 73.5 cm³/mol. The van der Waals surface area contributed by atoms with Gasteiger partial charge in [-0.2, -0.15) is 13.2 Å². The normalized spacial score (nSPS) is 15.1. The average Bonchev–Trinajstić information content (AvgIpc) is 2.91. The number of aromatic nitrogens is 1. The Morgan fingerprint density at radius 1 is 1.10 bits per heavy atom. The maximum atomic E-state index is 12.5. The number of thiazole rings is 1. The number of alkyl halides is 3. The molecule has 0 bridgehead atoms. The van der Waals surface area contributed by atoms with E-state index in [1.165, 1.54) is 12.1 Å². The minimum absolute atomic E-state index is 0.0452. The van der Waals surface area contributed by atoms with Crippen molar-refractivity contribution in [1.82, 2.24) is 10.3 Å². The number of hydrogen-bond donors (Lipinski definition) is 1. The molecule has 2 nitrogen and oxygen atoms in total. The summed E-state index contributed by atoms with van der Waals surface area (Å²) >= 11 is 1.55. The van der Waals surface area contributed by atoms with Gasteiger partial charge in [0.25, 0.3) is 0 Å². The molecule has 0 radical (unpaired) electrons. The van der Waals surface area contributed by atoms with Gasteiger partial charge in [0.1, 0.15) is 5.01 Å². The van der Waals surface area contributed by atoms with Gasteiger partial charge >= 0.3 is 6.18 Å². The quantitative estimate of drug-likeness (QED) is 0.894. The van der Waals surface area contributed by atoms with E-state index in [0.717, 1.165) is 22.7 Å². The van der Waals surface area contributed by atoms with E-state index in [2.05, 4.69) is 10.3 Å². The van der Waals surface area contributed by atoms with Crippen molar-refractivity contribution in [3.63, 3.8) is 0 Å². The fourth-order valence-corrected chi connectivity index (χ4v) is 2.61. The Hall–Kier alpha value is -1.40. The minimum Gasteiger partial charge on any atom is -0.302 e. The molecule has 0 fully saturated rings. The molecule has 2 unspecified atom stereocenters. The third kappa shape index (κ3) is 3.58. The van der Waals surface area contributed by atoms with Crippen molar-refractivity contribution in [1.29, 1.82) is 0 Å². The molecule has 1 aromatic carbocycles. The molecule has 0 aliphatic heterocycles. The van der Waals surface area contributed by atoms with Crippen LogP contribution in [0, 0.1) is 0 Å². The van der Waals surface area contributed by atoms with Crippen molar-refractivity contribution in [3.8, 4) is 0 Å². The molecule has 2 aromatic rings. The first-order chi connectivity index (χ1) is 9.38. The molecule has 0 saturated heterocycles. The molecule has 6 heteroatoms. The number of nitrogens with zero attached hydrogens (tertiary/aromatic N) is 1. The zero-order valence-electron chi connectivity index (χ0n) is 11.1. The van der Waals surface area contributed by atoms with Crippen molar-refractivity contribution in [2.45, 2.75) is 32.1 Å². The van der Waals surface area contributed by atoms with Crippen LogP contribution in [0.3, 0.4) is 0 Å². The third-order valence-electron chi connectivity index (χ3n) is 3.06. The molecule has 1 heterocycles. The number of nitrogens with one attached hydrogen (secondary N) is 1. The Balaban J connectivity index is 2.04. The highest BCUT2D eigenvalue weighted by molar-refractivity contribution is 7.09. The molecule has 1 aromatic heterocycles. The van der Waals surface area contributed by atoms with Gasteiger partial charge in [0.05, 0.1) is 11.6 Å². The summed E-state index contributed by atoms with van der Waals surface area (Å²) in [5, 5.41) is 6.18. The van der Waals surface area contributed by atoms with Gasteiger partial charge in [0, 0.05) is 17.6 Å². The zero-order valence-corrected chi connectivity index (χ0v) is 11.9. The van der Waals surface area contributed by atoms with E-state index in [9.17, 15) is 13.2 Å². The third-order valence-corrected chi connectivity index (χ3v) is 4.02. The van der Waals surface area contributed by atoms with Gasteiger partial charge in [-0.1, -0.05) is 12.1 Å². The molecule has 2 atom stereocenters. The van der Waals surface area contributed by atoms with Crippen molar-refractivity contribution in [3.05, 3.63) is 52.0 Å². The first-order valence-electron chi connectivity index (χ1n) is 6.20. The summed E-state index contributed by atoms with van der Waals surface area (Å²) in [5.74, 6) is 0. The Morgan fingerprint density at radius 3 is 2.25 bits per heavy atom. The van der Waals surface area contributed by atoms with Crippen LogP contribution in [0.4, 0.5) is 13.2 Å². The first-order valence-corrected chi connectivity index (χ1v) is 7.08. The molecule has 20 heavy (non-hydrogen) atoms. The van der Waals surface area contributed by atoms with Crippen molar-refractivity contribution < 1.29 is 13.2 Å². The largest absolute Gasteiger partial charge is 0.416 e. The fourth-order valence-electron chi connectivity index (χ4n) is 1.95. The van der Waals surface area contributed by atoms with Crippen LogP contribution in [0.25, 0.3) is 0 Å². The van der Waals surface area contributed by atoms with Crippen LogP contribution >= 0.6 is 11.3 Å². The lowest BCUT2D eigenvalue weighted by Gasteiger charge is -2.19. The van der Waals surface area contributed by atoms with E-state index < -0.39 is 11.7 Å². The summed E-state index contributed by atoms with van der Waals surface area (Å²) in [4.78, 5) is 4.22. The average molecular weight is 300 g/mol. The van der Waals surface area contributed by atoms with Crippen LogP contribution < -0.4 is 5.32 Å². The van der Waals surface area contributed by atoms with E-state index in [1.54, 1.807) is 17.5 Å². The van der Waals surface area contributed by atoms with Gasteiger partial charge in [-0.05, 0) is 31.5 Å². The van der Waals surface area contributed by atoms with E-state index in [1.807, 2.05) is 19.2 Å². The summed E-state index contributed by atoms with van der Waals surface area (Å²) in [5.41, 5.74) is 0.197. The topological polar surface area (TPSA) is 24.9 Å². The summed E-state index contributed by atoms with van der Waals surface area (Å²) in [6.07, 6.45) is -2.55. The summed E-state index contributed by atoms with van der Waals surface area (Å²) in [6, 6.07) is 5.26. The van der Waals surface area contributed by atoms with Crippen LogP contribution in [0.1, 0.15) is 42.1 Å². The first kappa shape index (κ1) is 15.0. The monoisotopic (exact) mass is 300 g/mol. The lowest BCUT2D eigenvalue weighted by molar-refractivity contribution is -0.137. The lowest BCUT2D eigenvalue weighted by Crippen LogP contribution is -2.22. The van der Waals surface area contributed by atoms with Crippen LogP contribution in [-0.4, -0.2) is 4.98 Å². The fraction of sp³-hybridized carbons (Fsp3) is 0.357. The van der Waals surface area contributed by atoms with Crippen LogP contribution in [0.2, 0.25) is 0 Å². The molecule has 2 rings (SSSR count). The second-order valence-electron chi connectivity index (χ2n) is 4.60. The Bertz CT molecular complexity index is 535. The molecular weight excluding hydrogens is 285 g/mol. The Labute approximate surface area is 119 Å².